The van der Waals surface area contributed by atoms with Gasteiger partial charge in [0.1, 0.15) is 0 Å². The van der Waals surface area contributed by atoms with Crippen LogP contribution in [0.15, 0.2) is 24.4 Å². The van der Waals surface area contributed by atoms with E-state index >= 15 is 0 Å². The molecular formula is C12H10Cl2N4O3. The van der Waals surface area contributed by atoms with Crippen LogP contribution in [0.2, 0.25) is 10.0 Å². The first-order valence-electron chi connectivity index (χ1n) is 5.78. The van der Waals surface area contributed by atoms with Crippen LogP contribution >= 0.6 is 23.2 Å². The third-order valence-corrected chi connectivity index (χ3v) is 3.47. The summed E-state index contributed by atoms with van der Waals surface area (Å²) in [6, 6.07) is 3.92. The van der Waals surface area contributed by atoms with Crippen LogP contribution in [0.3, 0.4) is 0 Å². The Morgan fingerprint density at radius 3 is 2.76 bits per heavy atom. The van der Waals surface area contributed by atoms with Crippen molar-refractivity contribution in [3.8, 4) is 0 Å². The topological polar surface area (TPSA) is 90.1 Å². The van der Waals surface area contributed by atoms with Gasteiger partial charge in [0.15, 0.2) is 0 Å². The largest absolute Gasteiger partial charge is 0.346 e. The van der Waals surface area contributed by atoms with Crippen LogP contribution in [0.25, 0.3) is 0 Å². The van der Waals surface area contributed by atoms with Gasteiger partial charge >= 0.3 is 0 Å². The molecule has 1 N–H and O–H groups in total. The van der Waals surface area contributed by atoms with Crippen molar-refractivity contribution >= 4 is 34.8 Å². The molecule has 1 aromatic carbocycles. The minimum Gasteiger partial charge on any atom is -0.346 e. The van der Waals surface area contributed by atoms with Crippen molar-refractivity contribution in [1.29, 1.82) is 0 Å². The van der Waals surface area contributed by atoms with Crippen molar-refractivity contribution in [3.63, 3.8) is 0 Å². The highest BCUT2D eigenvalue weighted by Crippen LogP contribution is 2.30. The Morgan fingerprint density at radius 2 is 2.19 bits per heavy atom. The van der Waals surface area contributed by atoms with Crippen LogP contribution in [0.1, 0.15) is 16.1 Å². The van der Waals surface area contributed by atoms with Crippen molar-refractivity contribution in [3.05, 3.63) is 55.8 Å². The van der Waals surface area contributed by atoms with Crippen LogP contribution in [-0.2, 0) is 13.6 Å². The molecule has 1 amide bonds. The van der Waals surface area contributed by atoms with Gasteiger partial charge < -0.3 is 5.32 Å². The molecule has 0 atom stereocenters. The molecule has 2 aromatic rings. The van der Waals surface area contributed by atoms with Gasteiger partial charge in [0.2, 0.25) is 0 Å². The van der Waals surface area contributed by atoms with E-state index in [4.69, 9.17) is 23.2 Å². The molecule has 0 unspecified atom stereocenters. The summed E-state index contributed by atoms with van der Waals surface area (Å²) >= 11 is 11.7. The number of nitrogens with zero attached hydrogens (tertiary/aromatic N) is 3. The number of hydrogen-bond acceptors (Lipinski definition) is 4. The van der Waals surface area contributed by atoms with E-state index in [1.165, 1.54) is 0 Å². The summed E-state index contributed by atoms with van der Waals surface area (Å²) in [6.45, 7) is 0.177. The lowest BCUT2D eigenvalue weighted by Crippen LogP contribution is -2.23. The summed E-state index contributed by atoms with van der Waals surface area (Å²) in [5.74, 6) is -0.559. The highest BCUT2D eigenvalue weighted by Gasteiger charge is 2.19. The molecule has 0 saturated carbocycles. The lowest BCUT2D eigenvalue weighted by Gasteiger charge is -2.06. The monoisotopic (exact) mass is 328 g/mol. The molecule has 7 nitrogen and oxygen atoms in total. The molecule has 0 aliphatic rings. The molecule has 21 heavy (non-hydrogen) atoms. The Labute approximate surface area is 129 Å². The van der Waals surface area contributed by atoms with E-state index in [0.717, 1.165) is 12.1 Å². The summed E-state index contributed by atoms with van der Waals surface area (Å²) in [4.78, 5) is 22.2. The van der Waals surface area contributed by atoms with Crippen LogP contribution in [0.5, 0.6) is 0 Å². The van der Waals surface area contributed by atoms with Gasteiger partial charge in [-0.3, -0.25) is 19.6 Å². The quantitative estimate of drug-likeness (QED) is 0.689. The van der Waals surface area contributed by atoms with E-state index in [1.807, 2.05) is 0 Å². The number of carbonyl (C=O) groups is 1. The number of nitro groups is 1. The summed E-state index contributed by atoms with van der Waals surface area (Å²) in [5.41, 5.74) is 0.303. The number of non-ortho nitro benzene ring substituents is 1. The number of aromatic nitrogens is 2. The Hall–Kier alpha value is -2.12. The third kappa shape index (κ3) is 3.50. The van der Waals surface area contributed by atoms with Gasteiger partial charge in [-0.2, -0.15) is 5.10 Å². The average Bonchev–Trinajstić information content (AvgIpc) is 2.84. The van der Waals surface area contributed by atoms with Gasteiger partial charge in [-0.05, 0) is 6.07 Å². The van der Waals surface area contributed by atoms with Crippen molar-refractivity contribution in [2.75, 3.05) is 0 Å². The fourth-order valence-electron chi connectivity index (χ4n) is 1.67. The third-order valence-electron chi connectivity index (χ3n) is 2.67. The highest BCUT2D eigenvalue weighted by molar-refractivity contribution is 6.44. The highest BCUT2D eigenvalue weighted by atomic mass is 35.5. The molecule has 0 saturated heterocycles. The van der Waals surface area contributed by atoms with E-state index in [-0.39, 0.29) is 27.8 Å². The number of benzene rings is 1. The fraction of sp³-hybridized carbons (Fsp3) is 0.167. The molecule has 1 heterocycles. The van der Waals surface area contributed by atoms with Crippen LogP contribution in [-0.4, -0.2) is 20.6 Å². The van der Waals surface area contributed by atoms with Crippen molar-refractivity contribution in [1.82, 2.24) is 15.1 Å². The van der Waals surface area contributed by atoms with Gasteiger partial charge in [-0.1, -0.05) is 23.2 Å². The number of nitro benzene ring substituents is 1. The number of halogens is 2. The normalized spacial score (nSPS) is 10.4. The van der Waals surface area contributed by atoms with Gasteiger partial charge in [0.25, 0.3) is 11.6 Å². The zero-order chi connectivity index (χ0) is 15.6. The Bertz CT molecular complexity index is 715. The maximum atomic E-state index is 12.1. The second-order valence-electron chi connectivity index (χ2n) is 4.21. The Morgan fingerprint density at radius 1 is 1.48 bits per heavy atom. The molecule has 0 fully saturated rings. The fourth-order valence-corrected chi connectivity index (χ4v) is 2.08. The maximum Gasteiger partial charge on any atom is 0.271 e. The standard InChI is InChI=1S/C12H10Cl2N4O3/c1-17-3-2-7(16-17)6-15-12(19)9-4-8(18(20)21)5-10(13)11(9)14/h2-5H,6H2,1H3,(H,15,19). The molecular weight excluding hydrogens is 319 g/mol. The van der Waals surface area contributed by atoms with Gasteiger partial charge in [-0.25, -0.2) is 0 Å². The molecule has 110 valence electrons. The van der Waals surface area contributed by atoms with Crippen molar-refractivity contribution < 1.29 is 9.72 Å². The van der Waals surface area contributed by atoms with E-state index < -0.39 is 10.8 Å². The molecule has 0 radical (unpaired) electrons. The summed E-state index contributed by atoms with van der Waals surface area (Å²) < 4.78 is 1.60. The second-order valence-corrected chi connectivity index (χ2v) is 4.99. The molecule has 1 aromatic heterocycles. The van der Waals surface area contributed by atoms with E-state index in [0.29, 0.717) is 5.69 Å². The second kappa shape index (κ2) is 6.11. The minimum atomic E-state index is -0.641. The van der Waals surface area contributed by atoms with Crippen LogP contribution in [0.4, 0.5) is 5.69 Å². The van der Waals surface area contributed by atoms with Crippen molar-refractivity contribution in [2.45, 2.75) is 6.54 Å². The number of nitrogens with one attached hydrogen (secondary N) is 1. The zero-order valence-corrected chi connectivity index (χ0v) is 12.4. The first-order chi connectivity index (χ1) is 9.88. The summed E-state index contributed by atoms with van der Waals surface area (Å²) in [7, 11) is 1.75. The van der Waals surface area contributed by atoms with Crippen LogP contribution < -0.4 is 5.32 Å². The van der Waals surface area contributed by atoms with Gasteiger partial charge in [0.05, 0.1) is 32.8 Å². The number of rotatable bonds is 4. The number of aryl methyl sites for hydroxylation is 1. The first kappa shape index (κ1) is 15.3. The molecule has 0 bridgehead atoms. The molecule has 0 spiro atoms. The van der Waals surface area contributed by atoms with Gasteiger partial charge in [0, 0.05) is 25.4 Å². The number of carbonyl (C=O) groups excluding carboxylic acids is 1. The predicted octanol–water partition coefficient (Wildman–Crippen LogP) is 2.57. The van der Waals surface area contributed by atoms with E-state index in [9.17, 15) is 14.9 Å². The van der Waals surface area contributed by atoms with E-state index in [2.05, 4.69) is 10.4 Å². The lowest BCUT2D eigenvalue weighted by atomic mass is 10.2. The smallest absolute Gasteiger partial charge is 0.271 e. The number of amides is 1. The van der Waals surface area contributed by atoms with Crippen LogP contribution in [0, 0.1) is 10.1 Å². The minimum absolute atomic E-state index is 0.0270. The summed E-state index contributed by atoms with van der Waals surface area (Å²) in [6.07, 6.45) is 1.73. The average molecular weight is 329 g/mol. The molecule has 0 aliphatic carbocycles. The molecule has 9 heteroatoms. The lowest BCUT2D eigenvalue weighted by molar-refractivity contribution is -0.384. The zero-order valence-electron chi connectivity index (χ0n) is 10.8. The SMILES string of the molecule is Cn1ccc(CNC(=O)c2cc([N+](=O)[O-])cc(Cl)c2Cl)n1. The molecule has 0 aliphatic heterocycles. The predicted molar refractivity (Wildman–Crippen MR) is 77.5 cm³/mol. The van der Waals surface area contributed by atoms with E-state index in [1.54, 1.807) is 24.0 Å². The van der Waals surface area contributed by atoms with Gasteiger partial charge in [-0.15, -0.1) is 0 Å². The molecule has 2 rings (SSSR count). The number of hydrogen-bond donors (Lipinski definition) is 1. The Kier molecular flexibility index (Phi) is 4.44. The Balaban J connectivity index is 2.20. The van der Waals surface area contributed by atoms with Crippen molar-refractivity contribution in [2.24, 2.45) is 7.05 Å². The first-order valence-corrected chi connectivity index (χ1v) is 6.54. The maximum absolute atomic E-state index is 12.1. The summed E-state index contributed by atoms with van der Waals surface area (Å²) in [5, 5.41) is 17.4.